The Morgan fingerprint density at radius 2 is 1.68 bits per heavy atom. The number of rotatable bonds is 10. The molecule has 25 heavy (non-hydrogen) atoms. The molecule has 0 aromatic heterocycles. The van der Waals surface area contributed by atoms with Crippen molar-refractivity contribution in [2.45, 2.75) is 89.9 Å². The van der Waals surface area contributed by atoms with Crippen molar-refractivity contribution < 1.29 is 4.74 Å². The van der Waals surface area contributed by atoms with Gasteiger partial charge in [0.25, 0.3) is 0 Å². The molecule has 0 N–H and O–H groups in total. The first kappa shape index (κ1) is 19.8. The van der Waals surface area contributed by atoms with Gasteiger partial charge in [-0.15, -0.1) is 0 Å². The van der Waals surface area contributed by atoms with Crippen LogP contribution in [-0.4, -0.2) is 6.61 Å². The molecule has 1 aliphatic carbocycles. The zero-order chi connectivity index (χ0) is 18.0. The number of unbranched alkanes of at least 4 members (excludes halogenated alkanes) is 4. The Balaban J connectivity index is 1.88. The van der Waals surface area contributed by atoms with E-state index in [1.54, 1.807) is 0 Å². The first-order valence-corrected chi connectivity index (χ1v) is 10.4. The zero-order valence-electron chi connectivity index (χ0n) is 16.2. The van der Waals surface area contributed by atoms with Gasteiger partial charge in [0.2, 0.25) is 0 Å². The highest BCUT2D eigenvalue weighted by molar-refractivity contribution is 5.37. The number of nitriles is 1. The van der Waals surface area contributed by atoms with Crippen molar-refractivity contribution >= 4 is 0 Å². The molecular weight excluding hydrogens is 306 g/mol. The van der Waals surface area contributed by atoms with Gasteiger partial charge in [-0.25, -0.2) is 0 Å². The predicted octanol–water partition coefficient (Wildman–Crippen LogP) is 6.79. The summed E-state index contributed by atoms with van der Waals surface area (Å²) in [6.07, 6.45) is 13.4. The van der Waals surface area contributed by atoms with Crippen molar-refractivity contribution in [2.24, 2.45) is 5.92 Å². The molecule has 2 heteroatoms. The summed E-state index contributed by atoms with van der Waals surface area (Å²) in [6, 6.07) is 11.0. The SMILES string of the molecule is CCCCCC[C@H]1CC[C@@](C#N)(c2ccc(OCCCC)cc2)CC1. The van der Waals surface area contributed by atoms with Crippen LogP contribution in [0.5, 0.6) is 5.75 Å². The van der Waals surface area contributed by atoms with Crippen molar-refractivity contribution in [3.63, 3.8) is 0 Å². The van der Waals surface area contributed by atoms with Crippen LogP contribution in [0, 0.1) is 17.2 Å². The Morgan fingerprint density at radius 3 is 2.28 bits per heavy atom. The quantitative estimate of drug-likeness (QED) is 0.439. The highest BCUT2D eigenvalue weighted by Gasteiger charge is 2.36. The van der Waals surface area contributed by atoms with Crippen LogP contribution in [-0.2, 0) is 5.41 Å². The van der Waals surface area contributed by atoms with Crippen molar-refractivity contribution in [1.29, 1.82) is 5.26 Å². The molecule has 1 aromatic carbocycles. The predicted molar refractivity (Wildman–Crippen MR) is 105 cm³/mol. The molecule has 2 nitrogen and oxygen atoms in total. The Labute approximate surface area is 154 Å². The minimum absolute atomic E-state index is 0.276. The normalized spacial score (nSPS) is 23.2. The Hall–Kier alpha value is -1.49. The summed E-state index contributed by atoms with van der Waals surface area (Å²) in [7, 11) is 0. The van der Waals surface area contributed by atoms with E-state index < -0.39 is 0 Å². The molecule has 138 valence electrons. The molecule has 1 fully saturated rings. The van der Waals surface area contributed by atoms with E-state index in [0.29, 0.717) is 0 Å². The summed E-state index contributed by atoms with van der Waals surface area (Å²) >= 11 is 0. The van der Waals surface area contributed by atoms with Crippen LogP contribution in [0.2, 0.25) is 0 Å². The van der Waals surface area contributed by atoms with Gasteiger partial charge in [0.15, 0.2) is 0 Å². The largest absolute Gasteiger partial charge is 0.494 e. The van der Waals surface area contributed by atoms with Crippen LogP contribution in [0.15, 0.2) is 24.3 Å². The smallest absolute Gasteiger partial charge is 0.119 e. The van der Waals surface area contributed by atoms with Gasteiger partial charge in [-0.1, -0.05) is 64.5 Å². The van der Waals surface area contributed by atoms with Crippen LogP contribution in [0.3, 0.4) is 0 Å². The van der Waals surface area contributed by atoms with Crippen LogP contribution < -0.4 is 4.74 Å². The molecule has 0 aliphatic heterocycles. The maximum atomic E-state index is 9.89. The third-order valence-electron chi connectivity index (χ3n) is 5.81. The Morgan fingerprint density at radius 1 is 1.00 bits per heavy atom. The molecule has 1 saturated carbocycles. The van der Waals surface area contributed by atoms with E-state index in [1.807, 2.05) is 12.1 Å². The van der Waals surface area contributed by atoms with E-state index in [0.717, 1.165) is 44.0 Å². The highest BCUT2D eigenvalue weighted by atomic mass is 16.5. The van der Waals surface area contributed by atoms with Gasteiger partial charge >= 0.3 is 0 Å². The monoisotopic (exact) mass is 341 g/mol. The molecule has 0 spiro atoms. The Bertz CT molecular complexity index is 520. The van der Waals surface area contributed by atoms with Gasteiger partial charge in [-0.05, 0) is 55.7 Å². The number of hydrogen-bond acceptors (Lipinski definition) is 2. The summed E-state index contributed by atoms with van der Waals surface area (Å²) in [5, 5.41) is 9.89. The topological polar surface area (TPSA) is 33.0 Å². The molecule has 1 aromatic rings. The lowest BCUT2D eigenvalue weighted by molar-refractivity contribution is 0.261. The first-order chi connectivity index (χ1) is 12.2. The molecule has 0 bridgehead atoms. The minimum Gasteiger partial charge on any atom is -0.494 e. The summed E-state index contributed by atoms with van der Waals surface area (Å²) in [4.78, 5) is 0. The van der Waals surface area contributed by atoms with Gasteiger partial charge in [0.05, 0.1) is 18.1 Å². The molecule has 2 rings (SSSR count). The summed E-state index contributed by atoms with van der Waals surface area (Å²) in [5.41, 5.74) is 0.907. The van der Waals surface area contributed by atoms with Crippen molar-refractivity contribution in [1.82, 2.24) is 0 Å². The highest BCUT2D eigenvalue weighted by Crippen LogP contribution is 2.43. The van der Waals surface area contributed by atoms with Crippen LogP contribution in [0.25, 0.3) is 0 Å². The lowest BCUT2D eigenvalue weighted by Gasteiger charge is -2.35. The Kier molecular flexibility index (Phi) is 8.32. The average molecular weight is 342 g/mol. The lowest BCUT2D eigenvalue weighted by Crippen LogP contribution is -2.30. The van der Waals surface area contributed by atoms with Gasteiger partial charge in [-0.3, -0.25) is 0 Å². The van der Waals surface area contributed by atoms with E-state index in [2.05, 4.69) is 32.0 Å². The maximum Gasteiger partial charge on any atom is 0.119 e. The van der Waals surface area contributed by atoms with Gasteiger partial charge in [0.1, 0.15) is 5.75 Å². The van der Waals surface area contributed by atoms with E-state index in [9.17, 15) is 5.26 Å². The molecule has 0 atom stereocenters. The second-order valence-corrected chi connectivity index (χ2v) is 7.71. The van der Waals surface area contributed by atoms with Crippen molar-refractivity contribution in [3.8, 4) is 11.8 Å². The van der Waals surface area contributed by atoms with Crippen LogP contribution >= 0.6 is 0 Å². The number of nitrogens with zero attached hydrogens (tertiary/aromatic N) is 1. The van der Waals surface area contributed by atoms with Crippen LogP contribution in [0.1, 0.15) is 90.0 Å². The fraction of sp³-hybridized carbons (Fsp3) is 0.696. The average Bonchev–Trinajstić information content (AvgIpc) is 2.67. The van der Waals surface area contributed by atoms with E-state index in [-0.39, 0.29) is 5.41 Å². The zero-order valence-corrected chi connectivity index (χ0v) is 16.2. The molecule has 1 aliphatic rings. The number of ether oxygens (including phenoxy) is 1. The molecular formula is C23H35NO. The summed E-state index contributed by atoms with van der Waals surface area (Å²) in [6.45, 7) is 5.21. The fourth-order valence-corrected chi connectivity index (χ4v) is 3.99. The maximum absolute atomic E-state index is 9.89. The summed E-state index contributed by atoms with van der Waals surface area (Å²) < 4.78 is 5.75. The third kappa shape index (κ3) is 5.77. The van der Waals surface area contributed by atoms with E-state index >= 15 is 0 Å². The third-order valence-corrected chi connectivity index (χ3v) is 5.81. The molecule has 0 heterocycles. The molecule has 0 saturated heterocycles. The first-order valence-electron chi connectivity index (χ1n) is 10.4. The van der Waals surface area contributed by atoms with Gasteiger partial charge < -0.3 is 4.74 Å². The number of hydrogen-bond donors (Lipinski definition) is 0. The summed E-state index contributed by atoms with van der Waals surface area (Å²) in [5.74, 6) is 1.75. The molecule has 0 amide bonds. The minimum atomic E-state index is -0.276. The second kappa shape index (κ2) is 10.5. The van der Waals surface area contributed by atoms with Crippen LogP contribution in [0.4, 0.5) is 0 Å². The fourth-order valence-electron chi connectivity index (χ4n) is 3.99. The molecule has 0 radical (unpaired) electrons. The second-order valence-electron chi connectivity index (χ2n) is 7.71. The number of benzene rings is 1. The van der Waals surface area contributed by atoms with Crippen molar-refractivity contribution in [2.75, 3.05) is 6.61 Å². The standard InChI is InChI=1S/C23H35NO/c1-3-5-7-8-9-20-14-16-23(19-24,17-15-20)21-10-12-22(13-11-21)25-18-6-4-2/h10-13,20H,3-9,14-18H2,1-2H3/t20-,23+. The van der Waals surface area contributed by atoms with Gasteiger partial charge in [-0.2, -0.15) is 5.26 Å². The van der Waals surface area contributed by atoms with Crippen molar-refractivity contribution in [3.05, 3.63) is 29.8 Å². The molecule has 0 unspecified atom stereocenters. The van der Waals surface area contributed by atoms with Gasteiger partial charge in [0, 0.05) is 0 Å². The lowest BCUT2D eigenvalue weighted by atomic mass is 9.67. The van der Waals surface area contributed by atoms with E-state index in [1.165, 1.54) is 50.5 Å². The van der Waals surface area contributed by atoms with E-state index in [4.69, 9.17) is 4.74 Å².